The van der Waals surface area contributed by atoms with Gasteiger partial charge in [-0.1, -0.05) is 42.5 Å². The van der Waals surface area contributed by atoms with Crippen LogP contribution in [0.2, 0.25) is 0 Å². The first-order valence-electron chi connectivity index (χ1n) is 4.33. The predicted octanol–water partition coefficient (Wildman–Crippen LogP) is 2.63. The summed E-state index contributed by atoms with van der Waals surface area (Å²) < 4.78 is 57.1. The standard InChI is InChI=1S/C10H9F3O2S/c11-10(12,13)16(14,15)8-4-7-9-5-2-1-3-6-9/h1-7H,8H2/b7-4+. The van der Waals surface area contributed by atoms with Crippen LogP contribution >= 0.6 is 0 Å². The molecule has 0 aliphatic rings. The number of hydrogen-bond acceptors (Lipinski definition) is 2. The van der Waals surface area contributed by atoms with Crippen LogP contribution in [-0.2, 0) is 9.84 Å². The highest BCUT2D eigenvalue weighted by Crippen LogP contribution is 2.23. The van der Waals surface area contributed by atoms with Crippen LogP contribution < -0.4 is 0 Å². The lowest BCUT2D eigenvalue weighted by Gasteiger charge is -2.04. The smallest absolute Gasteiger partial charge is 0.219 e. The average Bonchev–Trinajstić information content (AvgIpc) is 2.17. The summed E-state index contributed by atoms with van der Waals surface area (Å²) in [5.41, 5.74) is -4.53. The molecule has 0 aliphatic heterocycles. The first-order chi connectivity index (χ1) is 7.33. The molecule has 0 fully saturated rings. The van der Waals surface area contributed by atoms with Gasteiger partial charge >= 0.3 is 5.51 Å². The average molecular weight is 250 g/mol. The molecule has 0 unspecified atom stereocenters. The Morgan fingerprint density at radius 3 is 2.19 bits per heavy atom. The number of halogens is 3. The molecule has 0 heterocycles. The van der Waals surface area contributed by atoms with Crippen LogP contribution in [-0.4, -0.2) is 19.7 Å². The van der Waals surface area contributed by atoms with Crippen LogP contribution in [0.1, 0.15) is 5.56 Å². The van der Waals surface area contributed by atoms with Crippen molar-refractivity contribution in [3.8, 4) is 0 Å². The molecule has 2 nitrogen and oxygen atoms in total. The molecular weight excluding hydrogens is 241 g/mol. The number of hydrogen-bond donors (Lipinski definition) is 0. The fourth-order valence-electron chi connectivity index (χ4n) is 0.970. The molecule has 6 heteroatoms. The van der Waals surface area contributed by atoms with E-state index in [9.17, 15) is 21.6 Å². The maximum Gasteiger partial charge on any atom is 0.497 e. The summed E-state index contributed by atoms with van der Waals surface area (Å²) in [6.07, 6.45) is 2.32. The molecule has 88 valence electrons. The summed E-state index contributed by atoms with van der Waals surface area (Å²) in [4.78, 5) is 0. The molecule has 1 aromatic rings. The maximum absolute atomic E-state index is 11.9. The van der Waals surface area contributed by atoms with E-state index in [1.165, 1.54) is 6.08 Å². The summed E-state index contributed by atoms with van der Waals surface area (Å²) in [6, 6.07) is 8.49. The third-order valence-corrected chi connectivity index (χ3v) is 3.11. The molecule has 0 aromatic heterocycles. The van der Waals surface area contributed by atoms with Gasteiger partial charge in [-0.2, -0.15) is 13.2 Å². The molecule has 16 heavy (non-hydrogen) atoms. The van der Waals surface area contributed by atoms with Gasteiger partial charge in [0.2, 0.25) is 0 Å². The van der Waals surface area contributed by atoms with E-state index >= 15 is 0 Å². The van der Waals surface area contributed by atoms with Crippen molar-refractivity contribution in [3.63, 3.8) is 0 Å². The van der Waals surface area contributed by atoms with Crippen LogP contribution in [0.25, 0.3) is 6.08 Å². The number of benzene rings is 1. The van der Waals surface area contributed by atoms with Gasteiger partial charge < -0.3 is 0 Å². The van der Waals surface area contributed by atoms with Crippen LogP contribution in [0.5, 0.6) is 0 Å². The predicted molar refractivity (Wildman–Crippen MR) is 55.3 cm³/mol. The summed E-state index contributed by atoms with van der Waals surface area (Å²) in [7, 11) is -5.05. The quantitative estimate of drug-likeness (QED) is 0.826. The van der Waals surface area contributed by atoms with Gasteiger partial charge in [0.1, 0.15) is 0 Å². The second-order valence-electron chi connectivity index (χ2n) is 3.04. The Hall–Kier alpha value is -1.30. The van der Waals surface area contributed by atoms with Crippen molar-refractivity contribution in [2.24, 2.45) is 0 Å². The Bertz CT molecular complexity index is 461. The maximum atomic E-state index is 11.9. The SMILES string of the molecule is O=S(=O)(C/C=C/c1ccccc1)C(F)(F)F. The van der Waals surface area contributed by atoms with Crippen LogP contribution in [0.3, 0.4) is 0 Å². The molecule has 0 amide bonds. The second kappa shape index (κ2) is 4.69. The summed E-state index contributed by atoms with van der Waals surface area (Å²) in [5, 5.41) is 0. The van der Waals surface area contributed by atoms with E-state index in [1.807, 2.05) is 0 Å². The van der Waals surface area contributed by atoms with Crippen molar-refractivity contribution in [3.05, 3.63) is 42.0 Å². The Kier molecular flexibility index (Phi) is 3.74. The fourth-order valence-corrected chi connectivity index (χ4v) is 1.51. The van der Waals surface area contributed by atoms with E-state index in [0.717, 1.165) is 6.08 Å². The van der Waals surface area contributed by atoms with E-state index < -0.39 is 21.1 Å². The molecule has 1 aromatic carbocycles. The molecule has 0 saturated carbocycles. The molecule has 1 rings (SSSR count). The molecule has 0 atom stereocenters. The van der Waals surface area contributed by atoms with Gasteiger partial charge in [0.15, 0.2) is 0 Å². The highest BCUT2D eigenvalue weighted by atomic mass is 32.2. The highest BCUT2D eigenvalue weighted by molar-refractivity contribution is 7.92. The van der Waals surface area contributed by atoms with Crippen molar-refractivity contribution in [1.29, 1.82) is 0 Å². The van der Waals surface area contributed by atoms with Gasteiger partial charge in [0, 0.05) is 0 Å². The summed E-state index contributed by atoms with van der Waals surface area (Å²) >= 11 is 0. The lowest BCUT2D eigenvalue weighted by molar-refractivity contribution is -0.0432. The second-order valence-corrected chi connectivity index (χ2v) is 5.07. The minimum absolute atomic E-state index is 0.653. The topological polar surface area (TPSA) is 34.1 Å². The number of alkyl halides is 3. The Morgan fingerprint density at radius 2 is 1.69 bits per heavy atom. The van der Waals surface area contributed by atoms with Crippen LogP contribution in [0, 0.1) is 0 Å². The summed E-state index contributed by atoms with van der Waals surface area (Å²) in [6.45, 7) is 0. The van der Waals surface area contributed by atoms with Gasteiger partial charge in [0.05, 0.1) is 5.75 Å². The molecular formula is C10H9F3O2S. The zero-order valence-corrected chi connectivity index (χ0v) is 8.92. The molecule has 0 saturated heterocycles. The minimum Gasteiger partial charge on any atom is -0.219 e. The molecule has 0 spiro atoms. The first kappa shape index (κ1) is 12.8. The summed E-state index contributed by atoms with van der Waals surface area (Å²) in [5.74, 6) is -1.04. The van der Waals surface area contributed by atoms with Gasteiger partial charge in [-0.05, 0) is 5.56 Å². The Balaban J connectivity index is 2.70. The lowest BCUT2D eigenvalue weighted by Crippen LogP contribution is -2.25. The highest BCUT2D eigenvalue weighted by Gasteiger charge is 2.44. The number of rotatable bonds is 3. The lowest BCUT2D eigenvalue weighted by atomic mass is 10.2. The molecule has 0 bridgehead atoms. The largest absolute Gasteiger partial charge is 0.497 e. The van der Waals surface area contributed by atoms with E-state index in [2.05, 4.69) is 0 Å². The monoisotopic (exact) mass is 250 g/mol. The van der Waals surface area contributed by atoms with Crippen LogP contribution in [0.4, 0.5) is 13.2 Å². The van der Waals surface area contributed by atoms with E-state index in [4.69, 9.17) is 0 Å². The third-order valence-electron chi connectivity index (χ3n) is 1.78. The Morgan fingerprint density at radius 1 is 1.12 bits per heavy atom. The zero-order chi connectivity index (χ0) is 12.2. The number of sulfone groups is 1. The van der Waals surface area contributed by atoms with Gasteiger partial charge in [-0.3, -0.25) is 0 Å². The zero-order valence-electron chi connectivity index (χ0n) is 8.11. The van der Waals surface area contributed by atoms with E-state index in [-0.39, 0.29) is 0 Å². The third kappa shape index (κ3) is 3.37. The molecule has 0 radical (unpaired) electrons. The van der Waals surface area contributed by atoms with Crippen molar-refractivity contribution in [2.75, 3.05) is 5.75 Å². The fraction of sp³-hybridized carbons (Fsp3) is 0.200. The van der Waals surface area contributed by atoms with Gasteiger partial charge in [0.25, 0.3) is 9.84 Å². The minimum atomic E-state index is -5.19. The van der Waals surface area contributed by atoms with Crippen LogP contribution in [0.15, 0.2) is 36.4 Å². The van der Waals surface area contributed by atoms with Crippen molar-refractivity contribution >= 4 is 15.9 Å². The van der Waals surface area contributed by atoms with Crippen molar-refractivity contribution in [2.45, 2.75) is 5.51 Å². The normalized spacial score (nSPS) is 13.2. The Labute approximate surface area is 91.3 Å². The molecule has 0 N–H and O–H groups in total. The molecule has 0 aliphatic carbocycles. The van der Waals surface area contributed by atoms with Gasteiger partial charge in [-0.15, -0.1) is 0 Å². The van der Waals surface area contributed by atoms with E-state index in [0.29, 0.717) is 5.56 Å². The van der Waals surface area contributed by atoms with Gasteiger partial charge in [-0.25, -0.2) is 8.42 Å². The van der Waals surface area contributed by atoms with E-state index in [1.54, 1.807) is 30.3 Å². The first-order valence-corrected chi connectivity index (χ1v) is 5.99. The van der Waals surface area contributed by atoms with Crippen molar-refractivity contribution < 1.29 is 21.6 Å². The van der Waals surface area contributed by atoms with Crippen molar-refractivity contribution in [1.82, 2.24) is 0 Å².